The second-order valence-electron chi connectivity index (χ2n) is 3.86. The molecule has 0 saturated heterocycles. The summed E-state index contributed by atoms with van der Waals surface area (Å²) in [6.07, 6.45) is 1.07. The minimum atomic E-state index is 0.104. The predicted molar refractivity (Wildman–Crippen MR) is 65.7 cm³/mol. The molecule has 0 fully saturated rings. The van der Waals surface area contributed by atoms with Crippen LogP contribution in [0.15, 0.2) is 18.2 Å². The molecule has 0 radical (unpaired) electrons. The topological polar surface area (TPSA) is 44.5 Å². The van der Waals surface area contributed by atoms with E-state index in [2.05, 4.69) is 13.0 Å². The van der Waals surface area contributed by atoms with Crippen LogP contribution in [-0.2, 0) is 17.8 Å². The number of benzene rings is 1. The highest BCUT2D eigenvalue weighted by molar-refractivity contribution is 5.37. The third-order valence-electron chi connectivity index (χ3n) is 2.59. The van der Waals surface area contributed by atoms with E-state index in [9.17, 15) is 0 Å². The number of aryl methyl sites for hydroxylation is 1. The number of hydrogen-bond acceptors (Lipinski definition) is 3. The first-order chi connectivity index (χ1) is 7.71. The molecule has 0 bridgehead atoms. The van der Waals surface area contributed by atoms with Gasteiger partial charge in [0.05, 0.1) is 19.8 Å². The molecular formula is C13H21NO2. The highest BCUT2D eigenvalue weighted by Crippen LogP contribution is 2.20. The van der Waals surface area contributed by atoms with Crippen molar-refractivity contribution in [1.29, 1.82) is 0 Å². The Morgan fingerprint density at radius 3 is 2.69 bits per heavy atom. The van der Waals surface area contributed by atoms with E-state index in [0.29, 0.717) is 13.2 Å². The van der Waals surface area contributed by atoms with Gasteiger partial charge in [0.2, 0.25) is 0 Å². The number of methoxy groups -OCH3 is 1. The van der Waals surface area contributed by atoms with Gasteiger partial charge >= 0.3 is 0 Å². The van der Waals surface area contributed by atoms with E-state index in [0.717, 1.165) is 17.7 Å². The molecule has 3 heteroatoms. The summed E-state index contributed by atoms with van der Waals surface area (Å²) in [7, 11) is 1.70. The Kier molecular flexibility index (Phi) is 5.29. The number of nitrogens with two attached hydrogens (primary N) is 1. The highest BCUT2D eigenvalue weighted by atomic mass is 16.5. The van der Waals surface area contributed by atoms with E-state index in [1.807, 2.05) is 19.1 Å². The molecule has 3 nitrogen and oxygen atoms in total. The van der Waals surface area contributed by atoms with Gasteiger partial charge in [-0.25, -0.2) is 0 Å². The lowest BCUT2D eigenvalue weighted by atomic mass is 10.1. The first-order valence-electron chi connectivity index (χ1n) is 5.68. The van der Waals surface area contributed by atoms with Crippen molar-refractivity contribution in [2.24, 2.45) is 5.73 Å². The van der Waals surface area contributed by atoms with Crippen molar-refractivity contribution >= 4 is 0 Å². The van der Waals surface area contributed by atoms with Crippen molar-refractivity contribution in [2.45, 2.75) is 33.0 Å². The number of ether oxygens (including phenoxy) is 2. The van der Waals surface area contributed by atoms with Crippen molar-refractivity contribution in [2.75, 3.05) is 13.7 Å². The van der Waals surface area contributed by atoms with Gasteiger partial charge in [0.15, 0.2) is 0 Å². The van der Waals surface area contributed by atoms with Gasteiger partial charge in [0.1, 0.15) is 5.75 Å². The Balaban J connectivity index is 2.67. The van der Waals surface area contributed by atoms with Crippen LogP contribution in [-0.4, -0.2) is 19.8 Å². The lowest BCUT2D eigenvalue weighted by Gasteiger charge is -2.12. The van der Waals surface area contributed by atoms with Crippen molar-refractivity contribution in [3.8, 4) is 5.75 Å². The Bertz CT molecular complexity index is 326. The second kappa shape index (κ2) is 6.51. The lowest BCUT2D eigenvalue weighted by Crippen LogP contribution is -2.19. The van der Waals surface area contributed by atoms with E-state index >= 15 is 0 Å². The van der Waals surface area contributed by atoms with Crippen LogP contribution in [0.25, 0.3) is 0 Å². The number of rotatable bonds is 6. The quantitative estimate of drug-likeness (QED) is 0.803. The third-order valence-corrected chi connectivity index (χ3v) is 2.59. The van der Waals surface area contributed by atoms with Crippen LogP contribution >= 0.6 is 0 Å². The van der Waals surface area contributed by atoms with Crippen LogP contribution in [0.5, 0.6) is 5.75 Å². The summed E-state index contributed by atoms with van der Waals surface area (Å²) < 4.78 is 10.9. The summed E-state index contributed by atoms with van der Waals surface area (Å²) >= 11 is 0. The van der Waals surface area contributed by atoms with Crippen LogP contribution < -0.4 is 10.5 Å². The fraction of sp³-hybridized carbons (Fsp3) is 0.538. The second-order valence-corrected chi connectivity index (χ2v) is 3.86. The number of hydrogen-bond donors (Lipinski definition) is 1. The summed E-state index contributed by atoms with van der Waals surface area (Å²) in [5.41, 5.74) is 7.87. The van der Waals surface area contributed by atoms with Crippen LogP contribution in [0.2, 0.25) is 0 Å². The molecular weight excluding hydrogens is 202 g/mol. The van der Waals surface area contributed by atoms with Gasteiger partial charge in [-0.1, -0.05) is 13.0 Å². The Morgan fingerprint density at radius 2 is 2.12 bits per heavy atom. The molecule has 1 rings (SSSR count). The van der Waals surface area contributed by atoms with E-state index < -0.39 is 0 Å². The highest BCUT2D eigenvalue weighted by Gasteiger charge is 2.04. The molecule has 16 heavy (non-hydrogen) atoms. The van der Waals surface area contributed by atoms with Crippen LogP contribution in [0.1, 0.15) is 25.0 Å². The molecule has 2 N–H and O–H groups in total. The monoisotopic (exact) mass is 223 g/mol. The van der Waals surface area contributed by atoms with E-state index in [4.69, 9.17) is 15.2 Å². The smallest absolute Gasteiger partial charge is 0.122 e. The van der Waals surface area contributed by atoms with E-state index in [1.54, 1.807) is 7.11 Å². The summed E-state index contributed by atoms with van der Waals surface area (Å²) in [5, 5.41) is 0. The summed E-state index contributed by atoms with van der Waals surface area (Å²) in [6.45, 7) is 5.25. The zero-order valence-electron chi connectivity index (χ0n) is 10.3. The van der Waals surface area contributed by atoms with Gasteiger partial charge in [-0.2, -0.15) is 0 Å². The Labute approximate surface area is 97.6 Å². The molecule has 0 aliphatic rings. The van der Waals surface area contributed by atoms with E-state index in [-0.39, 0.29) is 6.10 Å². The van der Waals surface area contributed by atoms with Gasteiger partial charge in [-0.05, 0) is 36.6 Å². The molecule has 1 aromatic carbocycles. The minimum absolute atomic E-state index is 0.104. The van der Waals surface area contributed by atoms with Crippen LogP contribution in [0.4, 0.5) is 0 Å². The van der Waals surface area contributed by atoms with Crippen molar-refractivity contribution in [3.63, 3.8) is 0 Å². The SMILES string of the molecule is CCc1cc(COC(C)CN)ccc1OC. The average Bonchev–Trinajstić information content (AvgIpc) is 2.35. The summed E-state index contributed by atoms with van der Waals surface area (Å²) in [6, 6.07) is 6.15. The molecule has 0 spiro atoms. The average molecular weight is 223 g/mol. The van der Waals surface area contributed by atoms with Gasteiger partial charge in [0.25, 0.3) is 0 Å². The Hall–Kier alpha value is -1.06. The predicted octanol–water partition coefficient (Wildman–Crippen LogP) is 2.12. The van der Waals surface area contributed by atoms with Gasteiger partial charge in [-0.15, -0.1) is 0 Å². The summed E-state index contributed by atoms with van der Waals surface area (Å²) in [4.78, 5) is 0. The summed E-state index contributed by atoms with van der Waals surface area (Å²) in [5.74, 6) is 0.943. The van der Waals surface area contributed by atoms with Crippen LogP contribution in [0.3, 0.4) is 0 Å². The van der Waals surface area contributed by atoms with Gasteiger partial charge < -0.3 is 15.2 Å². The van der Waals surface area contributed by atoms with Crippen molar-refractivity contribution in [3.05, 3.63) is 29.3 Å². The first kappa shape index (κ1) is 13.0. The molecule has 0 aromatic heterocycles. The van der Waals surface area contributed by atoms with E-state index in [1.165, 1.54) is 5.56 Å². The molecule has 1 aromatic rings. The fourth-order valence-corrected chi connectivity index (χ4v) is 1.50. The minimum Gasteiger partial charge on any atom is -0.496 e. The van der Waals surface area contributed by atoms with Crippen molar-refractivity contribution < 1.29 is 9.47 Å². The van der Waals surface area contributed by atoms with Crippen LogP contribution in [0, 0.1) is 0 Å². The molecule has 0 heterocycles. The largest absolute Gasteiger partial charge is 0.496 e. The third kappa shape index (κ3) is 3.51. The molecule has 0 aliphatic carbocycles. The molecule has 90 valence electrons. The molecule has 1 atom stereocenters. The Morgan fingerprint density at radius 1 is 1.38 bits per heavy atom. The molecule has 1 unspecified atom stereocenters. The van der Waals surface area contributed by atoms with Gasteiger partial charge in [0, 0.05) is 6.54 Å². The maximum atomic E-state index is 5.58. The normalized spacial score (nSPS) is 12.5. The molecule has 0 amide bonds. The first-order valence-corrected chi connectivity index (χ1v) is 5.68. The zero-order chi connectivity index (χ0) is 12.0. The molecule has 0 aliphatic heterocycles. The molecule has 0 saturated carbocycles. The van der Waals surface area contributed by atoms with Crippen molar-refractivity contribution in [1.82, 2.24) is 0 Å². The maximum absolute atomic E-state index is 5.58. The van der Waals surface area contributed by atoms with Gasteiger partial charge in [-0.3, -0.25) is 0 Å². The standard InChI is InChI=1S/C13H21NO2/c1-4-12-7-11(5-6-13(12)15-3)9-16-10(2)8-14/h5-7,10H,4,8-9,14H2,1-3H3. The zero-order valence-corrected chi connectivity index (χ0v) is 10.3. The fourth-order valence-electron chi connectivity index (χ4n) is 1.50. The lowest BCUT2D eigenvalue weighted by molar-refractivity contribution is 0.0589. The maximum Gasteiger partial charge on any atom is 0.122 e.